The number of pyridine rings is 1. The standard InChI is InChI=1S/C16H19BrN2O/c1-3-8-20-15-7-5-4-6-14(15)16(18-2)12-9-13(17)11-19-10-12/h4-7,9-11,16,18H,3,8H2,1-2H3. The molecule has 2 rings (SSSR count). The Bertz CT molecular complexity index is 560. The highest BCUT2D eigenvalue weighted by Crippen LogP contribution is 2.30. The largest absolute Gasteiger partial charge is 0.493 e. The molecule has 1 N–H and O–H groups in total. The molecule has 1 unspecified atom stereocenters. The summed E-state index contributed by atoms with van der Waals surface area (Å²) in [6.45, 7) is 2.83. The van der Waals surface area contributed by atoms with Gasteiger partial charge in [-0.3, -0.25) is 4.98 Å². The second-order valence-corrected chi connectivity index (χ2v) is 5.46. The number of para-hydroxylation sites is 1. The minimum atomic E-state index is 0.0630. The van der Waals surface area contributed by atoms with Crippen LogP contribution >= 0.6 is 15.9 Å². The molecule has 1 aromatic carbocycles. The predicted molar refractivity (Wildman–Crippen MR) is 85.1 cm³/mol. The molecule has 0 radical (unpaired) electrons. The maximum Gasteiger partial charge on any atom is 0.124 e. The van der Waals surface area contributed by atoms with Crippen LogP contribution in [0.3, 0.4) is 0 Å². The lowest BCUT2D eigenvalue weighted by molar-refractivity contribution is 0.312. The zero-order valence-corrected chi connectivity index (χ0v) is 13.4. The minimum absolute atomic E-state index is 0.0630. The summed E-state index contributed by atoms with van der Waals surface area (Å²) in [6.07, 6.45) is 4.66. The van der Waals surface area contributed by atoms with Gasteiger partial charge in [0.15, 0.2) is 0 Å². The molecule has 0 aliphatic rings. The smallest absolute Gasteiger partial charge is 0.124 e. The summed E-state index contributed by atoms with van der Waals surface area (Å²) in [5.74, 6) is 0.925. The van der Waals surface area contributed by atoms with Crippen molar-refractivity contribution in [1.29, 1.82) is 0 Å². The number of rotatable bonds is 6. The fraction of sp³-hybridized carbons (Fsp3) is 0.312. The van der Waals surface area contributed by atoms with E-state index in [9.17, 15) is 0 Å². The van der Waals surface area contributed by atoms with E-state index in [1.54, 1.807) is 6.20 Å². The quantitative estimate of drug-likeness (QED) is 0.868. The number of ether oxygens (including phenoxy) is 1. The summed E-state index contributed by atoms with van der Waals surface area (Å²) in [7, 11) is 1.95. The molecule has 0 amide bonds. The zero-order chi connectivity index (χ0) is 14.4. The summed E-state index contributed by atoms with van der Waals surface area (Å²) in [6, 6.07) is 10.3. The topological polar surface area (TPSA) is 34.1 Å². The summed E-state index contributed by atoms with van der Waals surface area (Å²) < 4.78 is 6.82. The van der Waals surface area contributed by atoms with Crippen LogP contribution in [-0.4, -0.2) is 18.6 Å². The Morgan fingerprint density at radius 3 is 2.80 bits per heavy atom. The maximum atomic E-state index is 5.85. The fourth-order valence-corrected chi connectivity index (χ4v) is 2.53. The molecule has 20 heavy (non-hydrogen) atoms. The van der Waals surface area contributed by atoms with Crippen molar-refractivity contribution < 1.29 is 4.74 Å². The number of aromatic nitrogens is 1. The third-order valence-electron chi connectivity index (χ3n) is 3.04. The molecule has 2 aromatic rings. The Morgan fingerprint density at radius 1 is 1.30 bits per heavy atom. The SMILES string of the molecule is CCCOc1ccccc1C(NC)c1cncc(Br)c1. The Morgan fingerprint density at radius 2 is 2.10 bits per heavy atom. The molecule has 106 valence electrons. The van der Waals surface area contributed by atoms with Gasteiger partial charge in [0.2, 0.25) is 0 Å². The van der Waals surface area contributed by atoms with Gasteiger partial charge in [-0.05, 0) is 47.1 Å². The van der Waals surface area contributed by atoms with Crippen LogP contribution in [-0.2, 0) is 0 Å². The van der Waals surface area contributed by atoms with E-state index < -0.39 is 0 Å². The van der Waals surface area contributed by atoms with Gasteiger partial charge in [0.05, 0.1) is 12.6 Å². The van der Waals surface area contributed by atoms with Crippen LogP contribution in [0.2, 0.25) is 0 Å². The van der Waals surface area contributed by atoms with E-state index in [2.05, 4.69) is 45.3 Å². The molecule has 0 bridgehead atoms. The normalized spacial score (nSPS) is 12.2. The molecule has 4 heteroatoms. The number of halogens is 1. The van der Waals surface area contributed by atoms with Gasteiger partial charge in [0.25, 0.3) is 0 Å². The number of hydrogen-bond donors (Lipinski definition) is 1. The Hall–Kier alpha value is -1.39. The van der Waals surface area contributed by atoms with E-state index in [-0.39, 0.29) is 6.04 Å². The second kappa shape index (κ2) is 7.41. The van der Waals surface area contributed by atoms with Crippen molar-refractivity contribution in [2.45, 2.75) is 19.4 Å². The minimum Gasteiger partial charge on any atom is -0.493 e. The lowest BCUT2D eigenvalue weighted by Crippen LogP contribution is -2.19. The summed E-state index contributed by atoms with van der Waals surface area (Å²) in [5, 5.41) is 3.34. The molecule has 1 atom stereocenters. The molecule has 1 heterocycles. The Labute approximate surface area is 128 Å². The van der Waals surface area contributed by atoms with Crippen LogP contribution in [0.4, 0.5) is 0 Å². The van der Waals surface area contributed by atoms with Crippen molar-refractivity contribution in [2.24, 2.45) is 0 Å². The summed E-state index contributed by atoms with van der Waals surface area (Å²) in [4.78, 5) is 4.24. The number of nitrogens with one attached hydrogen (secondary N) is 1. The lowest BCUT2D eigenvalue weighted by Gasteiger charge is -2.20. The first-order chi connectivity index (χ1) is 9.76. The molecule has 1 aromatic heterocycles. The van der Waals surface area contributed by atoms with E-state index in [1.807, 2.05) is 31.4 Å². The molecular formula is C16H19BrN2O. The Balaban J connectivity index is 2.36. The van der Waals surface area contributed by atoms with Crippen LogP contribution in [0.1, 0.15) is 30.5 Å². The maximum absolute atomic E-state index is 5.85. The molecule has 0 saturated heterocycles. The van der Waals surface area contributed by atoms with Crippen molar-refractivity contribution in [3.05, 3.63) is 58.3 Å². The Kier molecular flexibility index (Phi) is 5.56. The van der Waals surface area contributed by atoms with Crippen LogP contribution in [0.5, 0.6) is 5.75 Å². The van der Waals surface area contributed by atoms with Crippen molar-refractivity contribution in [1.82, 2.24) is 10.3 Å². The first-order valence-corrected chi connectivity index (χ1v) is 7.55. The van der Waals surface area contributed by atoms with Gasteiger partial charge >= 0.3 is 0 Å². The second-order valence-electron chi connectivity index (χ2n) is 4.54. The van der Waals surface area contributed by atoms with Crippen LogP contribution in [0.15, 0.2) is 47.2 Å². The zero-order valence-electron chi connectivity index (χ0n) is 11.8. The molecule has 0 saturated carbocycles. The third kappa shape index (κ3) is 3.58. The average molecular weight is 335 g/mol. The first-order valence-electron chi connectivity index (χ1n) is 6.75. The van der Waals surface area contributed by atoms with E-state index in [0.29, 0.717) is 0 Å². The third-order valence-corrected chi connectivity index (χ3v) is 3.47. The highest BCUT2D eigenvalue weighted by Gasteiger charge is 2.17. The van der Waals surface area contributed by atoms with Gasteiger partial charge in [-0.1, -0.05) is 25.1 Å². The number of nitrogens with zero attached hydrogens (tertiary/aromatic N) is 1. The average Bonchev–Trinajstić information content (AvgIpc) is 2.47. The lowest BCUT2D eigenvalue weighted by atomic mass is 9.99. The highest BCUT2D eigenvalue weighted by atomic mass is 79.9. The molecule has 0 spiro atoms. The van der Waals surface area contributed by atoms with Gasteiger partial charge in [-0.15, -0.1) is 0 Å². The van der Waals surface area contributed by atoms with E-state index in [0.717, 1.165) is 34.4 Å². The molecule has 0 aliphatic carbocycles. The number of benzene rings is 1. The molecule has 3 nitrogen and oxygen atoms in total. The molecular weight excluding hydrogens is 316 g/mol. The molecule has 0 fully saturated rings. The van der Waals surface area contributed by atoms with E-state index in [4.69, 9.17) is 4.74 Å². The van der Waals surface area contributed by atoms with Crippen molar-refractivity contribution in [3.63, 3.8) is 0 Å². The monoisotopic (exact) mass is 334 g/mol. The summed E-state index contributed by atoms with van der Waals surface area (Å²) in [5.41, 5.74) is 2.23. The van der Waals surface area contributed by atoms with E-state index in [1.165, 1.54) is 0 Å². The van der Waals surface area contributed by atoms with Crippen LogP contribution in [0, 0.1) is 0 Å². The number of hydrogen-bond acceptors (Lipinski definition) is 3. The van der Waals surface area contributed by atoms with Crippen molar-refractivity contribution in [3.8, 4) is 5.75 Å². The summed E-state index contributed by atoms with van der Waals surface area (Å²) >= 11 is 3.47. The predicted octanol–water partition coefficient (Wildman–Crippen LogP) is 3.94. The van der Waals surface area contributed by atoms with Crippen molar-refractivity contribution in [2.75, 3.05) is 13.7 Å². The van der Waals surface area contributed by atoms with Crippen molar-refractivity contribution >= 4 is 15.9 Å². The fourth-order valence-electron chi connectivity index (χ4n) is 2.15. The van der Waals surface area contributed by atoms with Crippen LogP contribution < -0.4 is 10.1 Å². The highest BCUT2D eigenvalue weighted by molar-refractivity contribution is 9.10. The van der Waals surface area contributed by atoms with Gasteiger partial charge in [0, 0.05) is 22.4 Å². The van der Waals surface area contributed by atoms with Gasteiger partial charge < -0.3 is 10.1 Å². The van der Waals surface area contributed by atoms with Crippen LogP contribution in [0.25, 0.3) is 0 Å². The van der Waals surface area contributed by atoms with E-state index >= 15 is 0 Å². The first kappa shape index (κ1) is 15.0. The van der Waals surface area contributed by atoms with Gasteiger partial charge in [0.1, 0.15) is 5.75 Å². The molecule has 0 aliphatic heterocycles. The van der Waals surface area contributed by atoms with Gasteiger partial charge in [-0.25, -0.2) is 0 Å². The van der Waals surface area contributed by atoms with Gasteiger partial charge in [-0.2, -0.15) is 0 Å².